The van der Waals surface area contributed by atoms with Gasteiger partial charge in [0.2, 0.25) is 0 Å². The molecule has 2 aliphatic rings. The molecule has 12 heavy (non-hydrogen) atoms. The summed E-state index contributed by atoms with van der Waals surface area (Å²) in [6, 6.07) is 0.675. The van der Waals surface area contributed by atoms with Gasteiger partial charge in [0.25, 0.3) is 0 Å². The van der Waals surface area contributed by atoms with Gasteiger partial charge in [-0.05, 0) is 20.3 Å². The van der Waals surface area contributed by atoms with E-state index < -0.39 is 0 Å². The predicted octanol–water partition coefficient (Wildman–Crippen LogP) is 1.51. The zero-order valence-electron chi connectivity index (χ0n) is 8.34. The normalized spacial score (nSPS) is 42.5. The van der Waals surface area contributed by atoms with Gasteiger partial charge in [-0.2, -0.15) is 0 Å². The van der Waals surface area contributed by atoms with Crippen molar-refractivity contribution in [1.29, 1.82) is 0 Å². The Kier molecular flexibility index (Phi) is 1.92. The van der Waals surface area contributed by atoms with E-state index in [0.717, 1.165) is 13.2 Å². The van der Waals surface area contributed by atoms with Crippen LogP contribution in [-0.2, 0) is 4.74 Å². The topological polar surface area (TPSA) is 12.5 Å². The maximum atomic E-state index is 5.72. The number of hydrogen-bond donors (Lipinski definition) is 0. The highest BCUT2D eigenvalue weighted by molar-refractivity contribution is 4.94. The first-order valence-corrected chi connectivity index (χ1v) is 4.95. The first-order valence-electron chi connectivity index (χ1n) is 4.95. The summed E-state index contributed by atoms with van der Waals surface area (Å²) in [6.45, 7) is 10.2. The van der Waals surface area contributed by atoms with Crippen molar-refractivity contribution >= 4 is 0 Å². The Morgan fingerprint density at radius 2 is 2.25 bits per heavy atom. The van der Waals surface area contributed by atoms with E-state index in [1.54, 1.807) is 0 Å². The van der Waals surface area contributed by atoms with Gasteiger partial charge in [0, 0.05) is 24.5 Å². The second kappa shape index (κ2) is 2.71. The largest absolute Gasteiger partial charge is 0.376 e. The fourth-order valence-electron chi connectivity index (χ4n) is 2.42. The van der Waals surface area contributed by atoms with Crippen LogP contribution < -0.4 is 0 Å². The minimum Gasteiger partial charge on any atom is -0.376 e. The van der Waals surface area contributed by atoms with Gasteiger partial charge >= 0.3 is 0 Å². The highest BCUT2D eigenvalue weighted by Gasteiger charge is 2.43. The molecule has 2 fully saturated rings. The van der Waals surface area contributed by atoms with Crippen molar-refractivity contribution < 1.29 is 4.74 Å². The lowest BCUT2D eigenvalue weighted by Crippen LogP contribution is -2.47. The van der Waals surface area contributed by atoms with Crippen LogP contribution >= 0.6 is 0 Å². The fraction of sp³-hybridized carbons (Fsp3) is 1.00. The molecule has 1 unspecified atom stereocenters. The second-order valence-corrected chi connectivity index (χ2v) is 4.97. The summed E-state index contributed by atoms with van der Waals surface area (Å²) in [5.41, 5.74) is 0.452. The molecule has 0 amide bonds. The van der Waals surface area contributed by atoms with E-state index in [0.29, 0.717) is 17.6 Å². The molecule has 0 spiro atoms. The molecule has 0 N–H and O–H groups in total. The molecule has 2 nitrogen and oxygen atoms in total. The first kappa shape index (κ1) is 8.52. The minimum atomic E-state index is 0.452. The number of hydrogen-bond acceptors (Lipinski definition) is 2. The standard InChI is InChI=1S/C10H19NO/c1-8(2)11-5-9-4-10(3,6-11)7-12-9/h8-9H,4-7H2,1-3H3/t9-,10?/m1/s1. The lowest BCUT2D eigenvalue weighted by molar-refractivity contribution is 0.0678. The van der Waals surface area contributed by atoms with Gasteiger partial charge in [0.15, 0.2) is 0 Å². The summed E-state index contributed by atoms with van der Waals surface area (Å²) in [4.78, 5) is 2.54. The van der Waals surface area contributed by atoms with E-state index in [-0.39, 0.29) is 0 Å². The summed E-state index contributed by atoms with van der Waals surface area (Å²) in [5, 5.41) is 0. The molecular formula is C10H19NO. The Balaban J connectivity index is 2.06. The van der Waals surface area contributed by atoms with Crippen LogP contribution in [0.1, 0.15) is 27.2 Å². The van der Waals surface area contributed by atoms with E-state index in [1.807, 2.05) is 0 Å². The Bertz CT molecular complexity index is 181. The number of likely N-dealkylation sites (tertiary alicyclic amines) is 1. The summed E-state index contributed by atoms with van der Waals surface area (Å²) in [7, 11) is 0. The molecule has 2 aliphatic heterocycles. The average Bonchev–Trinajstić information content (AvgIpc) is 2.25. The van der Waals surface area contributed by atoms with Crippen LogP contribution in [0.2, 0.25) is 0 Å². The quantitative estimate of drug-likeness (QED) is 0.590. The molecule has 0 aromatic heterocycles. The third kappa shape index (κ3) is 1.38. The Hall–Kier alpha value is -0.0800. The smallest absolute Gasteiger partial charge is 0.0708 e. The van der Waals surface area contributed by atoms with Gasteiger partial charge in [-0.3, -0.25) is 4.90 Å². The summed E-state index contributed by atoms with van der Waals surface area (Å²) in [5.74, 6) is 0. The molecule has 2 atom stereocenters. The lowest BCUT2D eigenvalue weighted by Gasteiger charge is -2.38. The monoisotopic (exact) mass is 169 g/mol. The number of piperidine rings is 1. The first-order chi connectivity index (χ1) is 5.59. The molecule has 70 valence electrons. The minimum absolute atomic E-state index is 0.452. The number of rotatable bonds is 1. The van der Waals surface area contributed by atoms with E-state index in [9.17, 15) is 0 Å². The maximum absolute atomic E-state index is 5.72. The van der Waals surface area contributed by atoms with Crippen LogP contribution in [0.3, 0.4) is 0 Å². The third-order valence-corrected chi connectivity index (χ3v) is 3.14. The Morgan fingerprint density at radius 1 is 1.50 bits per heavy atom. The second-order valence-electron chi connectivity index (χ2n) is 4.97. The van der Waals surface area contributed by atoms with Gasteiger partial charge in [0.1, 0.15) is 0 Å². The fourth-order valence-corrected chi connectivity index (χ4v) is 2.42. The van der Waals surface area contributed by atoms with Gasteiger partial charge < -0.3 is 4.74 Å². The predicted molar refractivity (Wildman–Crippen MR) is 49.2 cm³/mol. The highest BCUT2D eigenvalue weighted by Crippen LogP contribution is 2.38. The van der Waals surface area contributed by atoms with Crippen molar-refractivity contribution in [3.05, 3.63) is 0 Å². The molecule has 2 heterocycles. The summed E-state index contributed by atoms with van der Waals surface area (Å²) in [6.07, 6.45) is 1.79. The summed E-state index contributed by atoms with van der Waals surface area (Å²) >= 11 is 0. The molecule has 0 aliphatic carbocycles. The molecule has 0 aromatic carbocycles. The number of nitrogens with zero attached hydrogens (tertiary/aromatic N) is 1. The third-order valence-electron chi connectivity index (χ3n) is 3.14. The van der Waals surface area contributed by atoms with Gasteiger partial charge in [-0.1, -0.05) is 6.92 Å². The Morgan fingerprint density at radius 3 is 2.83 bits per heavy atom. The van der Waals surface area contributed by atoms with Crippen LogP contribution in [0, 0.1) is 5.41 Å². The van der Waals surface area contributed by atoms with Crippen LogP contribution in [0.5, 0.6) is 0 Å². The van der Waals surface area contributed by atoms with Crippen molar-refractivity contribution in [1.82, 2.24) is 4.90 Å². The molecule has 0 aromatic rings. The number of ether oxygens (including phenoxy) is 1. The lowest BCUT2D eigenvalue weighted by atomic mass is 9.84. The molecule has 0 saturated carbocycles. The SMILES string of the molecule is CC(C)N1C[C@H]2CC(C)(CO2)C1. The molecule has 2 heteroatoms. The van der Waals surface area contributed by atoms with Crippen molar-refractivity contribution in [3.8, 4) is 0 Å². The van der Waals surface area contributed by atoms with E-state index in [4.69, 9.17) is 4.74 Å². The molecule has 2 saturated heterocycles. The average molecular weight is 169 g/mol. The zero-order chi connectivity index (χ0) is 8.77. The molecule has 2 bridgehead atoms. The van der Waals surface area contributed by atoms with Gasteiger partial charge in [-0.25, -0.2) is 0 Å². The van der Waals surface area contributed by atoms with E-state index in [1.165, 1.54) is 13.0 Å². The van der Waals surface area contributed by atoms with Crippen LogP contribution in [0.25, 0.3) is 0 Å². The van der Waals surface area contributed by atoms with Gasteiger partial charge in [-0.15, -0.1) is 0 Å². The van der Waals surface area contributed by atoms with E-state index >= 15 is 0 Å². The maximum Gasteiger partial charge on any atom is 0.0708 e. The highest BCUT2D eigenvalue weighted by atomic mass is 16.5. The van der Waals surface area contributed by atoms with Crippen LogP contribution in [0.4, 0.5) is 0 Å². The van der Waals surface area contributed by atoms with Crippen molar-refractivity contribution in [2.24, 2.45) is 5.41 Å². The van der Waals surface area contributed by atoms with Crippen molar-refractivity contribution in [3.63, 3.8) is 0 Å². The number of fused-ring (bicyclic) bond motifs is 2. The molecule has 0 radical (unpaired) electrons. The van der Waals surface area contributed by atoms with Gasteiger partial charge in [0.05, 0.1) is 12.7 Å². The molecular weight excluding hydrogens is 150 g/mol. The molecule has 2 rings (SSSR count). The summed E-state index contributed by atoms with van der Waals surface area (Å²) < 4.78 is 5.72. The van der Waals surface area contributed by atoms with Crippen molar-refractivity contribution in [2.75, 3.05) is 19.7 Å². The van der Waals surface area contributed by atoms with E-state index in [2.05, 4.69) is 25.7 Å². The van der Waals surface area contributed by atoms with Crippen LogP contribution in [-0.4, -0.2) is 36.7 Å². The Labute approximate surface area is 74.9 Å². The van der Waals surface area contributed by atoms with Crippen LogP contribution in [0.15, 0.2) is 0 Å². The van der Waals surface area contributed by atoms with Crippen molar-refractivity contribution in [2.45, 2.75) is 39.3 Å². The zero-order valence-corrected chi connectivity index (χ0v) is 8.34.